The minimum absolute atomic E-state index is 0.130. The number of carbonyl (C=O) groups is 1. The molecule has 146 valence electrons. The van der Waals surface area contributed by atoms with E-state index in [1.807, 2.05) is 6.07 Å². The third-order valence-corrected chi connectivity index (χ3v) is 6.76. The largest absolute Gasteiger partial charge is 0.493 e. The number of methoxy groups -OCH3 is 2. The third kappa shape index (κ3) is 3.79. The number of ether oxygens (including phenoxy) is 2. The van der Waals surface area contributed by atoms with Gasteiger partial charge in [0, 0.05) is 13.1 Å². The van der Waals surface area contributed by atoms with E-state index in [0.717, 1.165) is 11.1 Å². The van der Waals surface area contributed by atoms with Crippen molar-refractivity contribution in [1.29, 1.82) is 0 Å². The number of hydrogen-bond acceptors (Lipinski definition) is 6. The smallest absolute Gasteiger partial charge is 0.250 e. The first-order valence-corrected chi connectivity index (χ1v) is 9.90. The number of carbonyl (C=O) groups excluding carboxylic acids is 1. The fraction of sp³-hybridized carbons (Fsp3) is 0.588. The summed E-state index contributed by atoms with van der Waals surface area (Å²) in [6, 6.07) is 3.59. The third-order valence-electron chi connectivity index (χ3n) is 4.86. The molecule has 1 aromatic carbocycles. The molecule has 0 saturated carbocycles. The van der Waals surface area contributed by atoms with Gasteiger partial charge in [-0.3, -0.25) is 4.79 Å². The van der Waals surface area contributed by atoms with Crippen molar-refractivity contribution in [2.45, 2.75) is 32.4 Å². The molecular weight excluding hydrogens is 360 g/mol. The summed E-state index contributed by atoms with van der Waals surface area (Å²) in [6.07, 6.45) is 0.492. The van der Waals surface area contributed by atoms with Gasteiger partial charge in [-0.05, 0) is 35.6 Å². The first-order valence-electron chi connectivity index (χ1n) is 8.29. The molecule has 0 radical (unpaired) electrons. The molecule has 9 heteroatoms. The molecule has 0 aromatic heterocycles. The predicted molar refractivity (Wildman–Crippen MR) is 96.4 cm³/mol. The van der Waals surface area contributed by atoms with Gasteiger partial charge in [-0.1, -0.05) is 13.8 Å². The van der Waals surface area contributed by atoms with Gasteiger partial charge in [-0.15, -0.1) is 0 Å². The predicted octanol–water partition coefficient (Wildman–Crippen LogP) is 0.264. The van der Waals surface area contributed by atoms with Crippen molar-refractivity contribution in [2.75, 3.05) is 26.5 Å². The number of amides is 1. The lowest BCUT2D eigenvalue weighted by Crippen LogP contribution is -2.55. The second-order valence-electron chi connectivity index (χ2n) is 6.76. The highest BCUT2D eigenvalue weighted by Crippen LogP contribution is 2.34. The summed E-state index contributed by atoms with van der Waals surface area (Å²) in [6.45, 7) is 3.49. The number of primary amides is 1. The summed E-state index contributed by atoms with van der Waals surface area (Å²) in [4.78, 5) is 11.6. The van der Waals surface area contributed by atoms with Crippen LogP contribution in [-0.4, -0.2) is 55.9 Å². The highest BCUT2D eigenvalue weighted by atomic mass is 32.2. The van der Waals surface area contributed by atoms with Gasteiger partial charge in [-0.25, -0.2) is 8.42 Å². The highest BCUT2D eigenvalue weighted by Gasteiger charge is 2.44. The van der Waals surface area contributed by atoms with Gasteiger partial charge < -0.3 is 20.3 Å². The van der Waals surface area contributed by atoms with Crippen LogP contribution < -0.4 is 15.2 Å². The van der Waals surface area contributed by atoms with Crippen molar-refractivity contribution in [3.8, 4) is 11.5 Å². The van der Waals surface area contributed by atoms with Gasteiger partial charge in [0.1, 0.15) is 5.75 Å². The maximum absolute atomic E-state index is 12.8. The first kappa shape index (κ1) is 20.5. The van der Waals surface area contributed by atoms with E-state index in [0.29, 0.717) is 17.9 Å². The number of benzene rings is 1. The van der Waals surface area contributed by atoms with Crippen LogP contribution in [0, 0.1) is 5.92 Å². The van der Waals surface area contributed by atoms with E-state index in [-0.39, 0.29) is 13.1 Å². The summed E-state index contributed by atoms with van der Waals surface area (Å²) in [5.41, 5.74) is 4.91. The fourth-order valence-electron chi connectivity index (χ4n) is 2.99. The van der Waals surface area contributed by atoms with Crippen molar-refractivity contribution in [2.24, 2.45) is 11.7 Å². The Kier molecular flexibility index (Phi) is 5.84. The van der Waals surface area contributed by atoms with Gasteiger partial charge in [0.25, 0.3) is 5.91 Å². The molecule has 8 nitrogen and oxygen atoms in total. The molecular formula is C17H26N2O6S. The molecule has 0 bridgehead atoms. The van der Waals surface area contributed by atoms with Crippen LogP contribution in [-0.2, 0) is 27.8 Å². The van der Waals surface area contributed by atoms with E-state index < -0.39 is 33.2 Å². The standard InChI is InChI=1S/C17H26N2O6S/c1-11(2)17(21,16(18)20)10-26(22,23)19-6-5-12-7-14(24-3)15(25-4)8-13(12)9-19/h7-8,11,21H,5-6,9-10H2,1-4H3,(H2,18,20). The molecule has 26 heavy (non-hydrogen) atoms. The Labute approximate surface area is 153 Å². The second kappa shape index (κ2) is 7.42. The molecule has 1 aliphatic rings. The lowest BCUT2D eigenvalue weighted by molar-refractivity contribution is -0.138. The topological polar surface area (TPSA) is 119 Å². The highest BCUT2D eigenvalue weighted by molar-refractivity contribution is 7.89. The SMILES string of the molecule is COc1cc2c(cc1OC)CN(S(=O)(=O)CC(O)(C(N)=O)C(C)C)CC2. The lowest BCUT2D eigenvalue weighted by Gasteiger charge is -2.33. The zero-order chi connectivity index (χ0) is 19.7. The van der Waals surface area contributed by atoms with Crippen molar-refractivity contribution in [3.63, 3.8) is 0 Å². The Morgan fingerprint density at radius 1 is 1.27 bits per heavy atom. The minimum atomic E-state index is -3.90. The van der Waals surface area contributed by atoms with Gasteiger partial charge >= 0.3 is 0 Å². The zero-order valence-corrected chi connectivity index (χ0v) is 16.3. The van der Waals surface area contributed by atoms with Gasteiger partial charge in [-0.2, -0.15) is 4.31 Å². The monoisotopic (exact) mass is 386 g/mol. The summed E-state index contributed by atoms with van der Waals surface area (Å²) >= 11 is 0. The van der Waals surface area contributed by atoms with Crippen LogP contribution in [0.3, 0.4) is 0 Å². The number of nitrogens with zero attached hydrogens (tertiary/aromatic N) is 1. The van der Waals surface area contributed by atoms with E-state index >= 15 is 0 Å². The molecule has 1 unspecified atom stereocenters. The van der Waals surface area contributed by atoms with Crippen molar-refractivity contribution in [3.05, 3.63) is 23.3 Å². The molecule has 1 aliphatic heterocycles. The van der Waals surface area contributed by atoms with Gasteiger partial charge in [0.15, 0.2) is 17.1 Å². The Bertz CT molecular complexity index is 793. The average molecular weight is 386 g/mol. The summed E-state index contributed by atoms with van der Waals surface area (Å²) in [5, 5.41) is 10.5. The Balaban J connectivity index is 2.30. The van der Waals surface area contributed by atoms with Crippen LogP contribution in [0.25, 0.3) is 0 Å². The normalized spacial score (nSPS) is 17.5. The van der Waals surface area contributed by atoms with Crippen molar-refractivity contribution in [1.82, 2.24) is 4.31 Å². The summed E-state index contributed by atoms with van der Waals surface area (Å²) in [7, 11) is -0.845. The molecule has 0 saturated heterocycles. The van der Waals surface area contributed by atoms with Crippen LogP contribution >= 0.6 is 0 Å². The summed E-state index contributed by atoms with van der Waals surface area (Å²) in [5.74, 6) is -1.31. The Hall–Kier alpha value is -1.84. The van der Waals surface area contributed by atoms with E-state index in [9.17, 15) is 18.3 Å². The quantitative estimate of drug-likeness (QED) is 0.694. The van der Waals surface area contributed by atoms with E-state index in [1.54, 1.807) is 27.0 Å². The van der Waals surface area contributed by atoms with Crippen molar-refractivity contribution >= 4 is 15.9 Å². The molecule has 3 N–H and O–H groups in total. The van der Waals surface area contributed by atoms with Gasteiger partial charge in [0.2, 0.25) is 10.0 Å². The number of fused-ring (bicyclic) bond motifs is 1. The van der Waals surface area contributed by atoms with Crippen LogP contribution in [0.1, 0.15) is 25.0 Å². The Morgan fingerprint density at radius 3 is 2.27 bits per heavy atom. The molecule has 0 fully saturated rings. The number of aliphatic hydroxyl groups is 1. The minimum Gasteiger partial charge on any atom is -0.493 e. The lowest BCUT2D eigenvalue weighted by atomic mass is 9.92. The number of nitrogens with two attached hydrogens (primary N) is 1. The van der Waals surface area contributed by atoms with Crippen LogP contribution in [0.2, 0.25) is 0 Å². The Morgan fingerprint density at radius 2 is 1.81 bits per heavy atom. The van der Waals surface area contributed by atoms with Gasteiger partial charge in [0.05, 0.1) is 14.2 Å². The number of hydrogen-bond donors (Lipinski definition) is 2. The second-order valence-corrected chi connectivity index (χ2v) is 8.73. The molecule has 0 spiro atoms. The molecule has 1 amide bonds. The van der Waals surface area contributed by atoms with Crippen LogP contribution in [0.15, 0.2) is 12.1 Å². The maximum Gasteiger partial charge on any atom is 0.250 e. The summed E-state index contributed by atoms with van der Waals surface area (Å²) < 4.78 is 37.4. The maximum atomic E-state index is 12.8. The number of rotatable bonds is 7. The van der Waals surface area contributed by atoms with Crippen molar-refractivity contribution < 1.29 is 27.8 Å². The van der Waals surface area contributed by atoms with Crippen LogP contribution in [0.4, 0.5) is 0 Å². The number of sulfonamides is 1. The first-order chi connectivity index (χ1) is 12.0. The molecule has 1 aromatic rings. The average Bonchev–Trinajstić information content (AvgIpc) is 2.59. The molecule has 2 rings (SSSR count). The van der Waals surface area contributed by atoms with Crippen LogP contribution in [0.5, 0.6) is 11.5 Å². The fourth-order valence-corrected chi connectivity index (χ4v) is 4.91. The molecule has 1 heterocycles. The molecule has 0 aliphatic carbocycles. The zero-order valence-electron chi connectivity index (χ0n) is 15.5. The van der Waals surface area contributed by atoms with E-state index in [2.05, 4.69) is 0 Å². The molecule has 1 atom stereocenters. The van der Waals surface area contributed by atoms with E-state index in [4.69, 9.17) is 15.2 Å². The van der Waals surface area contributed by atoms with E-state index in [1.165, 1.54) is 11.4 Å².